The summed E-state index contributed by atoms with van der Waals surface area (Å²) in [4.78, 5) is 17.8. The first-order valence-electron chi connectivity index (χ1n) is 7.20. The molecule has 0 spiro atoms. The standard InChI is InChI=1S/C15H16F2N4O2/c1-8-13(9(2)20-19-8)12-7-23-4-3-21(12)15(22)14-11(17)5-10(16)6-18-14/h5-6,12H,3-4,7H2,1-2H3,(H,19,20). The van der Waals surface area contributed by atoms with Gasteiger partial charge in [-0.3, -0.25) is 9.89 Å². The summed E-state index contributed by atoms with van der Waals surface area (Å²) in [6, 6.07) is 0.269. The summed E-state index contributed by atoms with van der Waals surface area (Å²) in [6.07, 6.45) is 0.833. The minimum atomic E-state index is -0.971. The molecule has 0 saturated carbocycles. The van der Waals surface area contributed by atoms with Crippen molar-refractivity contribution in [1.29, 1.82) is 0 Å². The number of nitrogens with zero attached hydrogens (tertiary/aromatic N) is 3. The van der Waals surface area contributed by atoms with Crippen molar-refractivity contribution in [3.05, 3.63) is 46.5 Å². The quantitative estimate of drug-likeness (QED) is 0.917. The van der Waals surface area contributed by atoms with Gasteiger partial charge in [0.15, 0.2) is 11.5 Å². The molecule has 1 atom stereocenters. The van der Waals surface area contributed by atoms with Crippen LogP contribution >= 0.6 is 0 Å². The molecule has 2 aromatic rings. The monoisotopic (exact) mass is 322 g/mol. The molecule has 3 rings (SSSR count). The van der Waals surface area contributed by atoms with E-state index < -0.39 is 23.2 Å². The highest BCUT2D eigenvalue weighted by Crippen LogP contribution is 2.29. The van der Waals surface area contributed by atoms with Crippen molar-refractivity contribution in [2.24, 2.45) is 0 Å². The van der Waals surface area contributed by atoms with Crippen LogP contribution in [0.2, 0.25) is 0 Å². The lowest BCUT2D eigenvalue weighted by Crippen LogP contribution is -2.44. The molecule has 122 valence electrons. The molecule has 0 bridgehead atoms. The fourth-order valence-electron chi connectivity index (χ4n) is 2.84. The van der Waals surface area contributed by atoms with E-state index in [4.69, 9.17) is 4.74 Å². The molecule has 1 unspecified atom stereocenters. The van der Waals surface area contributed by atoms with E-state index >= 15 is 0 Å². The molecule has 0 radical (unpaired) electrons. The van der Waals surface area contributed by atoms with Crippen LogP contribution in [0.4, 0.5) is 8.78 Å². The normalized spacial score (nSPS) is 18.3. The van der Waals surface area contributed by atoms with Gasteiger partial charge in [0.2, 0.25) is 0 Å². The highest BCUT2D eigenvalue weighted by atomic mass is 19.1. The summed E-state index contributed by atoms with van der Waals surface area (Å²) in [7, 11) is 0. The van der Waals surface area contributed by atoms with Crippen molar-refractivity contribution < 1.29 is 18.3 Å². The van der Waals surface area contributed by atoms with Gasteiger partial charge < -0.3 is 9.64 Å². The van der Waals surface area contributed by atoms with E-state index in [0.717, 1.165) is 23.1 Å². The number of aromatic nitrogens is 3. The van der Waals surface area contributed by atoms with E-state index in [-0.39, 0.29) is 12.6 Å². The first-order valence-corrected chi connectivity index (χ1v) is 7.20. The Hall–Kier alpha value is -2.35. The number of nitrogens with one attached hydrogen (secondary N) is 1. The Morgan fingerprint density at radius 3 is 2.87 bits per heavy atom. The van der Waals surface area contributed by atoms with Crippen LogP contribution in [-0.2, 0) is 4.74 Å². The van der Waals surface area contributed by atoms with E-state index in [1.807, 2.05) is 13.8 Å². The van der Waals surface area contributed by atoms with E-state index in [0.29, 0.717) is 19.2 Å². The van der Waals surface area contributed by atoms with Crippen LogP contribution in [0.5, 0.6) is 0 Å². The number of rotatable bonds is 2. The maximum Gasteiger partial charge on any atom is 0.276 e. The molecule has 1 N–H and O–H groups in total. The second kappa shape index (κ2) is 6.04. The summed E-state index contributed by atoms with van der Waals surface area (Å²) < 4.78 is 32.4. The summed E-state index contributed by atoms with van der Waals surface area (Å²) >= 11 is 0. The van der Waals surface area contributed by atoms with Gasteiger partial charge in [0.05, 0.1) is 31.1 Å². The second-order valence-electron chi connectivity index (χ2n) is 5.42. The molecule has 3 heterocycles. The fourth-order valence-corrected chi connectivity index (χ4v) is 2.84. The summed E-state index contributed by atoms with van der Waals surface area (Å²) in [5.41, 5.74) is 2.03. The largest absolute Gasteiger partial charge is 0.377 e. The number of pyridine rings is 1. The van der Waals surface area contributed by atoms with Crippen LogP contribution in [0.15, 0.2) is 12.3 Å². The molecule has 1 aliphatic heterocycles. The third-order valence-corrected chi connectivity index (χ3v) is 3.92. The summed E-state index contributed by atoms with van der Waals surface area (Å²) in [5, 5.41) is 7.00. The minimum Gasteiger partial charge on any atom is -0.377 e. The lowest BCUT2D eigenvalue weighted by Gasteiger charge is -2.35. The number of aromatic amines is 1. The Labute approximate surface area is 131 Å². The number of amides is 1. The van der Waals surface area contributed by atoms with Crippen LogP contribution in [0.3, 0.4) is 0 Å². The molecule has 8 heteroatoms. The average Bonchev–Trinajstić information content (AvgIpc) is 2.85. The van der Waals surface area contributed by atoms with Gasteiger partial charge in [0.1, 0.15) is 5.82 Å². The first-order chi connectivity index (χ1) is 11.0. The molecule has 2 aromatic heterocycles. The van der Waals surface area contributed by atoms with Crippen molar-refractivity contribution in [2.45, 2.75) is 19.9 Å². The molecule has 1 fully saturated rings. The predicted octanol–water partition coefficient (Wildman–Crippen LogP) is 1.91. The van der Waals surface area contributed by atoms with Gasteiger partial charge in [-0.1, -0.05) is 0 Å². The van der Waals surface area contributed by atoms with Crippen LogP contribution in [0, 0.1) is 25.5 Å². The zero-order valence-corrected chi connectivity index (χ0v) is 12.8. The van der Waals surface area contributed by atoms with Gasteiger partial charge in [-0.05, 0) is 13.8 Å². The molecule has 0 aromatic carbocycles. The highest BCUT2D eigenvalue weighted by molar-refractivity contribution is 5.93. The zero-order chi connectivity index (χ0) is 16.6. The molecule has 1 aliphatic rings. The van der Waals surface area contributed by atoms with Crippen molar-refractivity contribution in [1.82, 2.24) is 20.1 Å². The Kier molecular flexibility index (Phi) is 4.08. The van der Waals surface area contributed by atoms with Gasteiger partial charge in [0, 0.05) is 23.9 Å². The Morgan fingerprint density at radius 1 is 1.43 bits per heavy atom. The van der Waals surface area contributed by atoms with Crippen molar-refractivity contribution in [3.8, 4) is 0 Å². The van der Waals surface area contributed by atoms with Crippen molar-refractivity contribution in [3.63, 3.8) is 0 Å². The van der Waals surface area contributed by atoms with Crippen LogP contribution in [-0.4, -0.2) is 45.7 Å². The van der Waals surface area contributed by atoms with E-state index in [9.17, 15) is 13.6 Å². The van der Waals surface area contributed by atoms with Crippen molar-refractivity contribution >= 4 is 5.91 Å². The predicted molar refractivity (Wildman–Crippen MR) is 76.8 cm³/mol. The third kappa shape index (κ3) is 2.81. The smallest absolute Gasteiger partial charge is 0.276 e. The number of carbonyl (C=O) groups excluding carboxylic acids is 1. The van der Waals surface area contributed by atoms with E-state index in [2.05, 4.69) is 15.2 Å². The molecule has 6 nitrogen and oxygen atoms in total. The van der Waals surface area contributed by atoms with Gasteiger partial charge >= 0.3 is 0 Å². The topological polar surface area (TPSA) is 71.1 Å². The lowest BCUT2D eigenvalue weighted by atomic mass is 10.0. The van der Waals surface area contributed by atoms with Crippen LogP contribution in [0.25, 0.3) is 0 Å². The molecule has 1 saturated heterocycles. The molecule has 23 heavy (non-hydrogen) atoms. The minimum absolute atomic E-state index is 0.287. The van der Waals surface area contributed by atoms with Gasteiger partial charge in [0.25, 0.3) is 5.91 Å². The Morgan fingerprint density at radius 2 is 2.22 bits per heavy atom. The molecule has 0 aliphatic carbocycles. The van der Waals surface area contributed by atoms with Gasteiger partial charge in [-0.15, -0.1) is 0 Å². The number of hydrogen-bond donors (Lipinski definition) is 1. The number of aryl methyl sites for hydroxylation is 2. The van der Waals surface area contributed by atoms with Gasteiger partial charge in [-0.2, -0.15) is 5.10 Å². The first kappa shape index (κ1) is 15.5. The molecular weight excluding hydrogens is 306 g/mol. The number of carbonyl (C=O) groups is 1. The van der Waals surface area contributed by atoms with E-state index in [1.165, 1.54) is 4.90 Å². The Balaban J connectivity index is 1.97. The number of ether oxygens (including phenoxy) is 1. The molecular formula is C15H16F2N4O2. The van der Waals surface area contributed by atoms with Crippen molar-refractivity contribution in [2.75, 3.05) is 19.8 Å². The third-order valence-electron chi connectivity index (χ3n) is 3.92. The van der Waals surface area contributed by atoms with Gasteiger partial charge in [-0.25, -0.2) is 13.8 Å². The molecule has 1 amide bonds. The summed E-state index contributed by atoms with van der Waals surface area (Å²) in [5.74, 6) is -2.38. The Bertz CT molecular complexity index is 728. The maximum absolute atomic E-state index is 13.9. The van der Waals surface area contributed by atoms with Crippen LogP contribution in [0.1, 0.15) is 33.5 Å². The lowest BCUT2D eigenvalue weighted by molar-refractivity contribution is -0.00359. The maximum atomic E-state index is 13.9. The second-order valence-corrected chi connectivity index (χ2v) is 5.42. The SMILES string of the molecule is Cc1n[nH]c(C)c1C1COCCN1C(=O)c1ncc(F)cc1F. The van der Waals surface area contributed by atoms with Crippen LogP contribution < -0.4 is 0 Å². The van der Waals surface area contributed by atoms with E-state index in [1.54, 1.807) is 0 Å². The number of morpholine rings is 1. The number of halogens is 2. The number of hydrogen-bond acceptors (Lipinski definition) is 4. The fraction of sp³-hybridized carbons (Fsp3) is 0.400. The summed E-state index contributed by atoms with van der Waals surface area (Å²) in [6.45, 7) is 4.61. The number of H-pyrrole nitrogens is 1. The highest BCUT2D eigenvalue weighted by Gasteiger charge is 2.34. The zero-order valence-electron chi connectivity index (χ0n) is 12.8. The average molecular weight is 322 g/mol.